The summed E-state index contributed by atoms with van der Waals surface area (Å²) in [7, 11) is 0. The van der Waals surface area contributed by atoms with Crippen LogP contribution in [0.15, 0.2) is 0 Å². The molecular weight excluding hydrogens is 114 g/mol. The first-order valence-corrected chi connectivity index (χ1v) is 3.43. The van der Waals surface area contributed by atoms with Gasteiger partial charge in [0.05, 0.1) is 13.2 Å². The Morgan fingerprint density at radius 1 is 1.33 bits per heavy atom. The maximum absolute atomic E-state index is 5.38. The van der Waals surface area contributed by atoms with Crippen LogP contribution in [0.5, 0.6) is 0 Å². The van der Waals surface area contributed by atoms with Crippen LogP contribution >= 0.6 is 0 Å². The van der Waals surface area contributed by atoms with Crippen LogP contribution in [0.4, 0.5) is 0 Å². The monoisotopic (exact) mass is 127 g/mol. The van der Waals surface area contributed by atoms with Gasteiger partial charge in [-0.3, -0.25) is 4.90 Å². The largest absolute Gasteiger partial charge is 0.379 e. The fourth-order valence-corrected chi connectivity index (χ4v) is 1.01. The molecule has 2 radical (unpaired) electrons. The molecule has 0 saturated carbocycles. The van der Waals surface area contributed by atoms with Crippen molar-refractivity contribution >= 4 is 0 Å². The summed E-state index contributed by atoms with van der Waals surface area (Å²) in [5.41, 5.74) is 0. The SMILES string of the molecule is [CH]CCN1CCOCC1. The molecule has 0 unspecified atom stereocenters. The van der Waals surface area contributed by atoms with Crippen molar-refractivity contribution in [3.05, 3.63) is 6.92 Å². The fourth-order valence-electron chi connectivity index (χ4n) is 1.01. The Morgan fingerprint density at radius 2 is 2.00 bits per heavy atom. The van der Waals surface area contributed by atoms with E-state index in [2.05, 4.69) is 4.90 Å². The van der Waals surface area contributed by atoms with Gasteiger partial charge in [-0.25, -0.2) is 0 Å². The standard InChI is InChI=1S/C7H13NO/c1-2-3-8-4-6-9-7-5-8/h1H,2-7H2. The highest BCUT2D eigenvalue weighted by Gasteiger charge is 2.07. The van der Waals surface area contributed by atoms with Crippen molar-refractivity contribution in [3.8, 4) is 0 Å². The Balaban J connectivity index is 2.08. The zero-order valence-corrected chi connectivity index (χ0v) is 5.68. The average molecular weight is 127 g/mol. The van der Waals surface area contributed by atoms with Crippen molar-refractivity contribution in [2.45, 2.75) is 6.42 Å². The molecule has 1 saturated heterocycles. The molecule has 0 atom stereocenters. The van der Waals surface area contributed by atoms with Gasteiger partial charge < -0.3 is 4.74 Å². The zero-order valence-electron chi connectivity index (χ0n) is 5.68. The van der Waals surface area contributed by atoms with Crippen LogP contribution in [0, 0.1) is 6.92 Å². The molecule has 0 spiro atoms. The van der Waals surface area contributed by atoms with Crippen molar-refractivity contribution in [2.75, 3.05) is 32.8 Å². The molecule has 0 bridgehead atoms. The van der Waals surface area contributed by atoms with Crippen LogP contribution in [0.2, 0.25) is 0 Å². The lowest BCUT2D eigenvalue weighted by atomic mass is 10.4. The lowest BCUT2D eigenvalue weighted by Crippen LogP contribution is -2.36. The van der Waals surface area contributed by atoms with Gasteiger partial charge in [0.1, 0.15) is 0 Å². The predicted octanol–water partition coefficient (Wildman–Crippen LogP) is 0.420. The number of hydrogen-bond donors (Lipinski definition) is 0. The van der Waals surface area contributed by atoms with Gasteiger partial charge in [-0.15, -0.1) is 0 Å². The third-order valence-electron chi connectivity index (χ3n) is 1.55. The van der Waals surface area contributed by atoms with E-state index >= 15 is 0 Å². The van der Waals surface area contributed by atoms with Crippen LogP contribution in [-0.2, 0) is 4.74 Å². The van der Waals surface area contributed by atoms with E-state index in [1.54, 1.807) is 0 Å². The normalized spacial score (nSPS) is 22.3. The summed E-state index contributed by atoms with van der Waals surface area (Å²) in [5.74, 6) is 0. The van der Waals surface area contributed by atoms with Gasteiger partial charge in [-0.05, 0) is 19.9 Å². The molecule has 2 nitrogen and oxygen atoms in total. The van der Waals surface area contributed by atoms with E-state index < -0.39 is 0 Å². The third kappa shape index (κ3) is 2.33. The third-order valence-corrected chi connectivity index (χ3v) is 1.55. The van der Waals surface area contributed by atoms with E-state index in [1.807, 2.05) is 0 Å². The summed E-state index contributed by atoms with van der Waals surface area (Å²) in [5, 5.41) is 0. The zero-order chi connectivity index (χ0) is 6.53. The Bertz CT molecular complexity index is 66.6. The Hall–Kier alpha value is -0.0800. The maximum Gasteiger partial charge on any atom is 0.0594 e. The quantitative estimate of drug-likeness (QED) is 0.533. The fraction of sp³-hybridized carbons (Fsp3) is 0.857. The van der Waals surface area contributed by atoms with Crippen molar-refractivity contribution in [3.63, 3.8) is 0 Å². The van der Waals surface area contributed by atoms with Crippen molar-refractivity contribution in [1.29, 1.82) is 0 Å². The van der Waals surface area contributed by atoms with Gasteiger partial charge >= 0.3 is 0 Å². The molecule has 1 heterocycles. The molecule has 1 rings (SSSR count). The Morgan fingerprint density at radius 3 is 2.56 bits per heavy atom. The van der Waals surface area contributed by atoms with Crippen molar-refractivity contribution in [1.82, 2.24) is 4.90 Å². The second-order valence-corrected chi connectivity index (χ2v) is 2.24. The molecule has 2 heteroatoms. The summed E-state index contributed by atoms with van der Waals surface area (Å²) in [6, 6.07) is 0. The van der Waals surface area contributed by atoms with Gasteiger partial charge in [-0.1, -0.05) is 0 Å². The molecule has 52 valence electrons. The minimum absolute atomic E-state index is 0.764. The van der Waals surface area contributed by atoms with Crippen LogP contribution in [-0.4, -0.2) is 37.7 Å². The van der Waals surface area contributed by atoms with Gasteiger partial charge in [0.15, 0.2) is 0 Å². The molecule has 0 aromatic rings. The van der Waals surface area contributed by atoms with Crippen LogP contribution in [0.3, 0.4) is 0 Å². The number of hydrogen-bond acceptors (Lipinski definition) is 2. The Kier molecular flexibility index (Phi) is 3.01. The number of morpholine rings is 1. The molecule has 0 aromatic carbocycles. The first-order valence-electron chi connectivity index (χ1n) is 3.43. The minimum atomic E-state index is 0.764. The molecule has 1 aliphatic heterocycles. The lowest BCUT2D eigenvalue weighted by Gasteiger charge is -2.25. The first-order chi connectivity index (χ1) is 4.43. The first kappa shape index (κ1) is 7.03. The minimum Gasteiger partial charge on any atom is -0.379 e. The number of ether oxygens (including phenoxy) is 1. The van der Waals surface area contributed by atoms with Gasteiger partial charge in [0, 0.05) is 13.1 Å². The van der Waals surface area contributed by atoms with Crippen molar-refractivity contribution in [2.24, 2.45) is 0 Å². The molecule has 9 heavy (non-hydrogen) atoms. The van der Waals surface area contributed by atoms with Crippen LogP contribution < -0.4 is 0 Å². The molecule has 0 aliphatic carbocycles. The highest BCUT2D eigenvalue weighted by atomic mass is 16.5. The highest BCUT2D eigenvalue weighted by molar-refractivity contribution is 4.61. The number of rotatable bonds is 2. The molecular formula is C7H13NO. The van der Waals surface area contributed by atoms with E-state index in [0.29, 0.717) is 0 Å². The predicted molar refractivity (Wildman–Crippen MR) is 36.2 cm³/mol. The summed E-state index contributed by atoms with van der Waals surface area (Å²) < 4.78 is 5.16. The summed E-state index contributed by atoms with van der Waals surface area (Å²) in [4.78, 5) is 2.32. The lowest BCUT2D eigenvalue weighted by molar-refractivity contribution is 0.0387. The number of nitrogens with zero attached hydrogens (tertiary/aromatic N) is 1. The topological polar surface area (TPSA) is 12.5 Å². The molecule has 0 aromatic heterocycles. The smallest absolute Gasteiger partial charge is 0.0594 e. The van der Waals surface area contributed by atoms with E-state index in [0.717, 1.165) is 39.3 Å². The van der Waals surface area contributed by atoms with Crippen LogP contribution in [0.1, 0.15) is 6.42 Å². The second-order valence-electron chi connectivity index (χ2n) is 2.24. The van der Waals surface area contributed by atoms with E-state index in [1.165, 1.54) is 0 Å². The van der Waals surface area contributed by atoms with Crippen LogP contribution in [0.25, 0.3) is 0 Å². The molecule has 0 N–H and O–H groups in total. The van der Waals surface area contributed by atoms with Gasteiger partial charge in [0.25, 0.3) is 0 Å². The van der Waals surface area contributed by atoms with Crippen molar-refractivity contribution < 1.29 is 4.74 Å². The van der Waals surface area contributed by atoms with E-state index in [4.69, 9.17) is 11.7 Å². The molecule has 0 amide bonds. The molecule has 1 aliphatic rings. The van der Waals surface area contributed by atoms with Gasteiger partial charge in [-0.2, -0.15) is 0 Å². The highest BCUT2D eigenvalue weighted by Crippen LogP contribution is 1.96. The average Bonchev–Trinajstić information content (AvgIpc) is 1.91. The summed E-state index contributed by atoms with van der Waals surface area (Å²) >= 11 is 0. The summed E-state index contributed by atoms with van der Waals surface area (Å²) in [6.45, 7) is 10.2. The summed E-state index contributed by atoms with van der Waals surface area (Å²) in [6.07, 6.45) is 0.764. The van der Waals surface area contributed by atoms with Gasteiger partial charge in [0.2, 0.25) is 0 Å². The Labute approximate surface area is 56.8 Å². The second kappa shape index (κ2) is 3.85. The maximum atomic E-state index is 5.38. The van der Waals surface area contributed by atoms with E-state index in [-0.39, 0.29) is 0 Å². The van der Waals surface area contributed by atoms with E-state index in [9.17, 15) is 0 Å². The molecule has 1 fully saturated rings.